The lowest BCUT2D eigenvalue weighted by molar-refractivity contribution is -0.111. The average molecular weight is 555 g/mol. The minimum Gasteiger partial charge on any atom is -0.381 e. The number of benzene rings is 2. The molecule has 0 aliphatic carbocycles. The SMILES string of the molecule is C=CC(=O)Nc1cccc(C(=O)Nc2cccc(CNc3nc(NC4CCOCC4)nc4c(C(C)C)cnn34)c2)c1. The zero-order valence-electron chi connectivity index (χ0n) is 23.2. The number of carbonyl (C=O) groups excluding carboxylic acids is 2. The van der Waals surface area contributed by atoms with Gasteiger partial charge in [-0.1, -0.05) is 38.6 Å². The van der Waals surface area contributed by atoms with Crippen molar-refractivity contribution in [3.05, 3.63) is 84.1 Å². The normalized spacial score (nSPS) is 13.6. The number of nitrogens with zero attached hydrogens (tertiary/aromatic N) is 4. The van der Waals surface area contributed by atoms with Crippen LogP contribution in [0, 0.1) is 0 Å². The molecule has 2 amide bonds. The van der Waals surface area contributed by atoms with Crippen LogP contribution in [0.2, 0.25) is 0 Å². The first-order valence-electron chi connectivity index (χ1n) is 13.7. The highest BCUT2D eigenvalue weighted by atomic mass is 16.5. The van der Waals surface area contributed by atoms with Gasteiger partial charge >= 0.3 is 0 Å². The van der Waals surface area contributed by atoms with E-state index in [2.05, 4.69) is 46.8 Å². The molecular formula is C30H34N8O3. The number of carbonyl (C=O) groups is 2. The Balaban J connectivity index is 1.31. The molecule has 0 unspecified atom stereocenters. The van der Waals surface area contributed by atoms with E-state index in [9.17, 15) is 9.59 Å². The van der Waals surface area contributed by atoms with Gasteiger partial charge in [0.1, 0.15) is 0 Å². The summed E-state index contributed by atoms with van der Waals surface area (Å²) < 4.78 is 7.22. The summed E-state index contributed by atoms with van der Waals surface area (Å²) in [5.41, 5.74) is 4.33. The number of anilines is 4. The van der Waals surface area contributed by atoms with Crippen molar-refractivity contribution in [3.8, 4) is 0 Å². The fraction of sp³-hybridized carbons (Fsp3) is 0.300. The maximum absolute atomic E-state index is 12.9. The van der Waals surface area contributed by atoms with Crippen molar-refractivity contribution >= 4 is 40.7 Å². The fourth-order valence-electron chi connectivity index (χ4n) is 4.58. The van der Waals surface area contributed by atoms with Crippen molar-refractivity contribution in [1.82, 2.24) is 19.6 Å². The van der Waals surface area contributed by atoms with Crippen molar-refractivity contribution in [1.29, 1.82) is 0 Å². The Labute approximate surface area is 238 Å². The molecule has 3 heterocycles. The summed E-state index contributed by atoms with van der Waals surface area (Å²) in [5, 5.41) is 17.0. The lowest BCUT2D eigenvalue weighted by Crippen LogP contribution is -2.29. The molecule has 4 aromatic rings. The molecule has 2 aromatic carbocycles. The number of nitrogens with one attached hydrogen (secondary N) is 4. The van der Waals surface area contributed by atoms with E-state index in [1.54, 1.807) is 28.8 Å². The molecule has 212 valence electrons. The first-order valence-corrected chi connectivity index (χ1v) is 13.7. The lowest BCUT2D eigenvalue weighted by Gasteiger charge is -2.23. The van der Waals surface area contributed by atoms with Crippen LogP contribution in [0.3, 0.4) is 0 Å². The van der Waals surface area contributed by atoms with Crippen molar-refractivity contribution in [2.75, 3.05) is 34.5 Å². The highest BCUT2D eigenvalue weighted by molar-refractivity contribution is 6.06. The maximum atomic E-state index is 12.9. The number of hydrogen-bond acceptors (Lipinski definition) is 8. The molecule has 1 aliphatic rings. The number of rotatable bonds is 10. The van der Waals surface area contributed by atoms with Gasteiger partial charge in [-0.2, -0.15) is 19.6 Å². The standard InChI is InChI=1S/C30H34N8O3/c1-4-26(39)33-24-10-6-8-21(16-24)28(40)34-23-9-5-7-20(15-23)17-31-30-37-29(35-22-11-13-41-14-12-22)36-27-25(19(2)3)18-32-38(27)30/h4-10,15-16,18-19,22H,1,11-14,17H2,2-3H3,(H,33,39)(H,34,40)(H2,31,35,36,37). The van der Waals surface area contributed by atoms with E-state index in [-0.39, 0.29) is 23.8 Å². The van der Waals surface area contributed by atoms with Gasteiger partial charge in [-0.15, -0.1) is 0 Å². The van der Waals surface area contributed by atoms with Crippen LogP contribution in [-0.2, 0) is 16.1 Å². The largest absolute Gasteiger partial charge is 0.381 e. The summed E-state index contributed by atoms with van der Waals surface area (Å²) in [4.78, 5) is 34.1. The van der Waals surface area contributed by atoms with E-state index in [0.29, 0.717) is 35.4 Å². The molecule has 2 aromatic heterocycles. The van der Waals surface area contributed by atoms with Gasteiger partial charge in [-0.25, -0.2) is 0 Å². The minimum atomic E-state index is -0.342. The molecule has 0 radical (unpaired) electrons. The van der Waals surface area contributed by atoms with Crippen molar-refractivity contribution in [2.45, 2.75) is 45.2 Å². The van der Waals surface area contributed by atoms with Crippen LogP contribution in [0.25, 0.3) is 5.65 Å². The van der Waals surface area contributed by atoms with Gasteiger partial charge in [0.2, 0.25) is 17.8 Å². The van der Waals surface area contributed by atoms with Crippen LogP contribution in [0.15, 0.2) is 67.4 Å². The van der Waals surface area contributed by atoms with Gasteiger partial charge in [0.05, 0.1) is 6.20 Å². The number of aromatic nitrogens is 4. The summed E-state index contributed by atoms with van der Waals surface area (Å²) in [6.45, 7) is 9.57. The molecule has 0 spiro atoms. The fourth-order valence-corrected chi connectivity index (χ4v) is 4.58. The predicted molar refractivity (Wildman–Crippen MR) is 159 cm³/mol. The Hall–Kier alpha value is -4.77. The van der Waals surface area contributed by atoms with Crippen LogP contribution in [0.1, 0.15) is 54.1 Å². The van der Waals surface area contributed by atoms with Crippen LogP contribution in [0.4, 0.5) is 23.3 Å². The van der Waals surface area contributed by atoms with Crippen molar-refractivity contribution in [3.63, 3.8) is 0 Å². The van der Waals surface area contributed by atoms with Gasteiger partial charge in [0, 0.05) is 48.3 Å². The molecule has 41 heavy (non-hydrogen) atoms. The first-order chi connectivity index (χ1) is 19.9. The second-order valence-electron chi connectivity index (χ2n) is 10.2. The summed E-state index contributed by atoms with van der Waals surface area (Å²) in [5.74, 6) is 0.756. The van der Waals surface area contributed by atoms with Gasteiger partial charge in [-0.3, -0.25) is 9.59 Å². The van der Waals surface area contributed by atoms with E-state index in [0.717, 1.165) is 42.8 Å². The van der Waals surface area contributed by atoms with Gasteiger partial charge < -0.3 is 26.0 Å². The predicted octanol–water partition coefficient (Wildman–Crippen LogP) is 4.83. The first kappa shape index (κ1) is 27.8. The Morgan fingerprint density at radius 2 is 1.83 bits per heavy atom. The van der Waals surface area contributed by atoms with E-state index >= 15 is 0 Å². The third-order valence-electron chi connectivity index (χ3n) is 6.79. The Morgan fingerprint density at radius 1 is 1.07 bits per heavy atom. The number of ether oxygens (including phenoxy) is 1. The van der Waals surface area contributed by atoms with Crippen LogP contribution in [-0.4, -0.2) is 50.7 Å². The zero-order valence-corrected chi connectivity index (χ0v) is 23.2. The summed E-state index contributed by atoms with van der Waals surface area (Å²) in [6, 6.07) is 14.6. The van der Waals surface area contributed by atoms with E-state index in [4.69, 9.17) is 14.7 Å². The summed E-state index contributed by atoms with van der Waals surface area (Å²) >= 11 is 0. The quantitative estimate of drug-likeness (QED) is 0.205. The van der Waals surface area contributed by atoms with Gasteiger partial charge in [0.15, 0.2) is 5.65 Å². The summed E-state index contributed by atoms with van der Waals surface area (Å²) in [6.07, 6.45) is 4.82. The Morgan fingerprint density at radius 3 is 2.59 bits per heavy atom. The molecule has 1 fully saturated rings. The highest BCUT2D eigenvalue weighted by Gasteiger charge is 2.19. The number of fused-ring (bicyclic) bond motifs is 1. The second-order valence-corrected chi connectivity index (χ2v) is 10.2. The minimum absolute atomic E-state index is 0.253. The molecule has 11 nitrogen and oxygen atoms in total. The Kier molecular flexibility index (Phi) is 8.54. The number of hydrogen-bond donors (Lipinski definition) is 4. The van der Waals surface area contributed by atoms with Crippen LogP contribution in [0.5, 0.6) is 0 Å². The maximum Gasteiger partial charge on any atom is 0.255 e. The van der Waals surface area contributed by atoms with Gasteiger partial charge in [-0.05, 0) is 60.7 Å². The molecule has 1 aliphatic heterocycles. The average Bonchev–Trinajstić information content (AvgIpc) is 3.41. The zero-order chi connectivity index (χ0) is 28.8. The highest BCUT2D eigenvalue weighted by Crippen LogP contribution is 2.24. The molecule has 0 atom stereocenters. The molecule has 0 saturated carbocycles. The van der Waals surface area contributed by atoms with Gasteiger partial charge in [0.25, 0.3) is 5.91 Å². The molecule has 1 saturated heterocycles. The Bertz CT molecular complexity index is 1560. The third-order valence-corrected chi connectivity index (χ3v) is 6.79. The van der Waals surface area contributed by atoms with Crippen molar-refractivity contribution in [2.24, 2.45) is 0 Å². The second kappa shape index (κ2) is 12.6. The molecule has 4 N–H and O–H groups in total. The smallest absolute Gasteiger partial charge is 0.255 e. The summed E-state index contributed by atoms with van der Waals surface area (Å²) in [7, 11) is 0. The number of amides is 2. The molecule has 5 rings (SSSR count). The monoisotopic (exact) mass is 554 g/mol. The van der Waals surface area contributed by atoms with E-state index < -0.39 is 0 Å². The van der Waals surface area contributed by atoms with E-state index in [1.807, 2.05) is 30.5 Å². The molecular weight excluding hydrogens is 520 g/mol. The van der Waals surface area contributed by atoms with Crippen LogP contribution < -0.4 is 21.3 Å². The van der Waals surface area contributed by atoms with Crippen LogP contribution >= 0.6 is 0 Å². The molecule has 0 bridgehead atoms. The topological polar surface area (TPSA) is 135 Å². The van der Waals surface area contributed by atoms with Crippen molar-refractivity contribution < 1.29 is 14.3 Å². The molecule has 11 heteroatoms. The van der Waals surface area contributed by atoms with E-state index in [1.165, 1.54) is 6.08 Å². The lowest BCUT2D eigenvalue weighted by atomic mass is 10.1. The third kappa shape index (κ3) is 6.87.